The Labute approximate surface area is 195 Å². The Kier molecular flexibility index (Phi) is 6.22. The molecular weight excluding hydrogens is 478 g/mol. The summed E-state index contributed by atoms with van der Waals surface area (Å²) in [6.45, 7) is -0.696. The van der Waals surface area contributed by atoms with Gasteiger partial charge in [0.15, 0.2) is 6.61 Å². The van der Waals surface area contributed by atoms with E-state index in [1.807, 2.05) is 0 Å². The third-order valence-corrected chi connectivity index (χ3v) is 5.63. The minimum atomic E-state index is -4.65. The Morgan fingerprint density at radius 1 is 1.09 bits per heavy atom. The number of fused-ring (bicyclic) bond motifs is 1. The standard InChI is InChI=1S/C24H18F6N2O3/c1-23(34,22(26)27)13-2-5-15(6-3-13)32-11-18-16(21(32)33)8-9-31-20(18)17-7-4-14(25)10-19(17)35-12-24(28,29)30/h2-10,22,34H,11-12H2,1H3/t23-/m1/s1. The fourth-order valence-electron chi connectivity index (χ4n) is 3.74. The Hall–Kier alpha value is -3.60. The zero-order chi connectivity index (χ0) is 25.5. The normalized spacial score (nSPS) is 15.3. The molecule has 1 amide bonds. The number of hydrogen-bond donors (Lipinski definition) is 1. The van der Waals surface area contributed by atoms with Gasteiger partial charge in [0, 0.05) is 34.6 Å². The van der Waals surface area contributed by atoms with E-state index in [-0.39, 0.29) is 34.7 Å². The molecule has 3 aromatic rings. The lowest BCUT2D eigenvalue weighted by Gasteiger charge is -2.24. The summed E-state index contributed by atoms with van der Waals surface area (Å²) in [5.74, 6) is -1.64. The van der Waals surface area contributed by atoms with Gasteiger partial charge in [-0.3, -0.25) is 9.78 Å². The summed E-state index contributed by atoms with van der Waals surface area (Å²) in [6, 6.07) is 9.87. The number of aliphatic hydroxyl groups is 1. The second-order valence-electron chi connectivity index (χ2n) is 8.12. The molecule has 5 nitrogen and oxygen atoms in total. The Morgan fingerprint density at radius 2 is 1.77 bits per heavy atom. The van der Waals surface area contributed by atoms with E-state index in [4.69, 9.17) is 4.74 Å². The zero-order valence-corrected chi connectivity index (χ0v) is 18.1. The maximum absolute atomic E-state index is 13.8. The van der Waals surface area contributed by atoms with E-state index in [1.54, 1.807) is 0 Å². The zero-order valence-electron chi connectivity index (χ0n) is 18.1. The highest BCUT2D eigenvalue weighted by atomic mass is 19.4. The molecule has 0 unspecified atom stereocenters. The van der Waals surface area contributed by atoms with Gasteiger partial charge in [0.05, 0.1) is 12.2 Å². The van der Waals surface area contributed by atoms with Crippen LogP contribution in [0.25, 0.3) is 11.3 Å². The fraction of sp³-hybridized carbons (Fsp3) is 0.250. The molecule has 0 fully saturated rings. The highest BCUT2D eigenvalue weighted by molar-refractivity contribution is 6.11. The molecule has 2 aromatic carbocycles. The number of halogens is 6. The average molecular weight is 496 g/mol. The van der Waals surface area contributed by atoms with Crippen molar-refractivity contribution in [2.45, 2.75) is 31.7 Å². The molecule has 0 saturated carbocycles. The van der Waals surface area contributed by atoms with E-state index < -0.39 is 36.5 Å². The maximum atomic E-state index is 13.8. The van der Waals surface area contributed by atoms with Gasteiger partial charge in [0.1, 0.15) is 17.2 Å². The second-order valence-corrected chi connectivity index (χ2v) is 8.12. The number of benzene rings is 2. The summed E-state index contributed by atoms with van der Waals surface area (Å²) in [7, 11) is 0. The number of carbonyl (C=O) groups is 1. The lowest BCUT2D eigenvalue weighted by atomic mass is 9.96. The summed E-state index contributed by atoms with van der Waals surface area (Å²) in [5.41, 5.74) is -1.24. The molecule has 11 heteroatoms. The van der Waals surface area contributed by atoms with Crippen molar-refractivity contribution in [3.8, 4) is 17.0 Å². The number of pyridine rings is 1. The van der Waals surface area contributed by atoms with E-state index in [0.717, 1.165) is 19.1 Å². The minimum Gasteiger partial charge on any atom is -0.483 e. The number of carbonyl (C=O) groups excluding carboxylic acids is 1. The molecule has 1 aliphatic heterocycles. The van der Waals surface area contributed by atoms with Crippen LogP contribution in [-0.4, -0.2) is 35.2 Å². The van der Waals surface area contributed by atoms with Crippen molar-refractivity contribution in [3.63, 3.8) is 0 Å². The highest BCUT2D eigenvalue weighted by Crippen LogP contribution is 2.39. The van der Waals surface area contributed by atoms with Crippen LogP contribution in [-0.2, 0) is 12.1 Å². The molecule has 35 heavy (non-hydrogen) atoms. The molecule has 2 heterocycles. The van der Waals surface area contributed by atoms with Gasteiger partial charge in [-0.25, -0.2) is 13.2 Å². The van der Waals surface area contributed by atoms with Gasteiger partial charge in [0.2, 0.25) is 0 Å². The van der Waals surface area contributed by atoms with Crippen molar-refractivity contribution in [1.29, 1.82) is 0 Å². The monoisotopic (exact) mass is 496 g/mol. The Morgan fingerprint density at radius 3 is 2.40 bits per heavy atom. The van der Waals surface area contributed by atoms with Gasteiger partial charge >= 0.3 is 6.18 Å². The van der Waals surface area contributed by atoms with Gasteiger partial charge in [-0.2, -0.15) is 13.2 Å². The van der Waals surface area contributed by atoms with Gasteiger partial charge in [0.25, 0.3) is 12.3 Å². The summed E-state index contributed by atoms with van der Waals surface area (Å²) in [4.78, 5) is 18.6. The maximum Gasteiger partial charge on any atom is 0.422 e. The van der Waals surface area contributed by atoms with Crippen LogP contribution in [0.4, 0.5) is 32.0 Å². The first-order valence-electron chi connectivity index (χ1n) is 10.3. The average Bonchev–Trinajstić information content (AvgIpc) is 3.14. The van der Waals surface area contributed by atoms with Gasteiger partial charge in [-0.15, -0.1) is 0 Å². The molecule has 0 bridgehead atoms. The molecule has 0 aliphatic carbocycles. The van der Waals surface area contributed by atoms with Gasteiger partial charge in [-0.05, 0) is 42.8 Å². The predicted octanol–water partition coefficient (Wildman–Crippen LogP) is 5.46. The number of hydrogen-bond acceptors (Lipinski definition) is 4. The van der Waals surface area contributed by atoms with Crippen LogP contribution in [0.2, 0.25) is 0 Å². The lowest BCUT2D eigenvalue weighted by Crippen LogP contribution is -2.30. The summed E-state index contributed by atoms with van der Waals surface area (Å²) in [6.07, 6.45) is -6.37. The van der Waals surface area contributed by atoms with Gasteiger partial charge in [-0.1, -0.05) is 12.1 Å². The summed E-state index contributed by atoms with van der Waals surface area (Å²) < 4.78 is 82.9. The molecule has 0 saturated heterocycles. The lowest BCUT2D eigenvalue weighted by molar-refractivity contribution is -0.153. The van der Waals surface area contributed by atoms with E-state index >= 15 is 0 Å². The molecule has 1 atom stereocenters. The number of ether oxygens (including phenoxy) is 1. The SMILES string of the molecule is C[C@@](O)(c1ccc(N2Cc3c(ccnc3-c3ccc(F)cc3OCC(F)(F)F)C2=O)cc1)C(F)F. The van der Waals surface area contributed by atoms with Crippen LogP contribution < -0.4 is 9.64 Å². The van der Waals surface area contributed by atoms with Crippen molar-refractivity contribution in [3.05, 3.63) is 77.2 Å². The van der Waals surface area contributed by atoms with Crippen molar-refractivity contribution in [2.24, 2.45) is 0 Å². The van der Waals surface area contributed by atoms with Crippen LogP contribution >= 0.6 is 0 Å². The largest absolute Gasteiger partial charge is 0.483 e. The number of amides is 1. The third kappa shape index (κ3) is 4.81. The van der Waals surface area contributed by atoms with E-state index in [9.17, 15) is 36.2 Å². The first kappa shape index (κ1) is 24.5. The molecule has 1 aliphatic rings. The summed E-state index contributed by atoms with van der Waals surface area (Å²) in [5, 5.41) is 9.97. The van der Waals surface area contributed by atoms with Crippen LogP contribution in [0.15, 0.2) is 54.7 Å². The first-order valence-corrected chi connectivity index (χ1v) is 10.3. The van der Waals surface area contributed by atoms with Crippen molar-refractivity contribution in [1.82, 2.24) is 4.98 Å². The number of anilines is 1. The molecule has 1 aromatic heterocycles. The van der Waals surface area contributed by atoms with Crippen molar-refractivity contribution in [2.75, 3.05) is 11.5 Å². The molecule has 0 spiro atoms. The highest BCUT2D eigenvalue weighted by Gasteiger charge is 2.36. The molecule has 0 radical (unpaired) electrons. The minimum absolute atomic E-state index is 0.0297. The topological polar surface area (TPSA) is 62.7 Å². The molecule has 184 valence electrons. The number of rotatable bonds is 6. The second kappa shape index (κ2) is 8.88. The van der Waals surface area contributed by atoms with Crippen LogP contribution in [0.5, 0.6) is 5.75 Å². The van der Waals surface area contributed by atoms with Crippen LogP contribution in [0.1, 0.15) is 28.4 Å². The van der Waals surface area contributed by atoms with Crippen LogP contribution in [0, 0.1) is 5.82 Å². The van der Waals surface area contributed by atoms with E-state index in [2.05, 4.69) is 4.98 Å². The molecule has 4 rings (SSSR count). The summed E-state index contributed by atoms with van der Waals surface area (Å²) >= 11 is 0. The van der Waals surface area contributed by atoms with Gasteiger partial charge < -0.3 is 14.7 Å². The third-order valence-electron chi connectivity index (χ3n) is 5.63. The molecular formula is C24H18F6N2O3. The van der Waals surface area contributed by atoms with Crippen LogP contribution in [0.3, 0.4) is 0 Å². The fourth-order valence-corrected chi connectivity index (χ4v) is 3.74. The quantitative estimate of drug-likeness (QED) is 0.461. The van der Waals surface area contributed by atoms with E-state index in [1.165, 1.54) is 47.5 Å². The van der Waals surface area contributed by atoms with Crippen molar-refractivity contribution >= 4 is 11.6 Å². The Balaban J connectivity index is 1.68. The predicted molar refractivity (Wildman–Crippen MR) is 114 cm³/mol. The van der Waals surface area contributed by atoms with E-state index in [0.29, 0.717) is 11.3 Å². The number of alkyl halides is 5. The molecule has 1 N–H and O–H groups in total. The smallest absolute Gasteiger partial charge is 0.422 e. The number of nitrogens with zero attached hydrogens (tertiary/aromatic N) is 2. The van der Waals surface area contributed by atoms with Crippen molar-refractivity contribution < 1.29 is 41.0 Å². The Bertz CT molecular complexity index is 1260. The number of aromatic nitrogens is 1. The first-order chi connectivity index (χ1) is 16.4.